The molecule has 2 N–H and O–H groups in total. The molecule has 3 aromatic rings. The van der Waals surface area contributed by atoms with Gasteiger partial charge in [0.15, 0.2) is 11.5 Å². The molecular formula is C25H22F2N5O4+. The number of benzene rings is 2. The third-order valence-corrected chi connectivity index (χ3v) is 6.90. The average Bonchev–Trinajstić information content (AvgIpc) is 2.89. The predicted molar refractivity (Wildman–Crippen MR) is 125 cm³/mol. The molecule has 3 unspecified atom stereocenters. The first-order chi connectivity index (χ1) is 17.0. The molecule has 0 saturated carbocycles. The number of amides is 1. The van der Waals surface area contributed by atoms with Crippen molar-refractivity contribution in [1.82, 2.24) is 14.5 Å². The van der Waals surface area contributed by atoms with E-state index in [9.17, 15) is 23.8 Å². The van der Waals surface area contributed by atoms with Crippen molar-refractivity contribution in [2.45, 2.75) is 38.0 Å². The maximum absolute atomic E-state index is 13.6. The molecule has 36 heavy (non-hydrogen) atoms. The van der Waals surface area contributed by atoms with E-state index in [1.165, 1.54) is 0 Å². The maximum atomic E-state index is 13.6. The molecular weight excluding hydrogens is 472 g/mol. The third-order valence-electron chi connectivity index (χ3n) is 6.90. The summed E-state index contributed by atoms with van der Waals surface area (Å²) >= 11 is 0. The molecule has 2 bridgehead atoms. The largest absolute Gasteiger partial charge is 0.465 e. The zero-order valence-electron chi connectivity index (χ0n) is 19.3. The zero-order chi connectivity index (χ0) is 25.5. The van der Waals surface area contributed by atoms with Crippen molar-refractivity contribution in [3.05, 3.63) is 71.3 Å². The molecule has 3 atom stereocenters. The summed E-state index contributed by atoms with van der Waals surface area (Å²) in [7, 11) is 0. The Balaban J connectivity index is 1.55. The number of aromatic nitrogens is 2. The fourth-order valence-corrected chi connectivity index (χ4v) is 5.52. The van der Waals surface area contributed by atoms with Gasteiger partial charge in [0.1, 0.15) is 24.0 Å². The van der Waals surface area contributed by atoms with Crippen LogP contribution in [0.2, 0.25) is 0 Å². The summed E-state index contributed by atoms with van der Waals surface area (Å²) in [5, 5.41) is 21.2. The highest BCUT2D eigenvalue weighted by molar-refractivity contribution is 5.98. The van der Waals surface area contributed by atoms with Gasteiger partial charge in [-0.05, 0) is 37.6 Å². The number of alkyl halides is 2. The summed E-state index contributed by atoms with van der Waals surface area (Å²) in [5.41, 5.74) is -0.414. The number of hydrogen-bond donors (Lipinski definition) is 2. The Morgan fingerprint density at radius 2 is 1.92 bits per heavy atom. The van der Waals surface area contributed by atoms with E-state index in [2.05, 4.69) is 15.0 Å². The van der Waals surface area contributed by atoms with E-state index >= 15 is 0 Å². The van der Waals surface area contributed by atoms with Gasteiger partial charge in [0.25, 0.3) is 5.72 Å². The normalized spacial score (nSPS) is 25.6. The van der Waals surface area contributed by atoms with E-state index in [0.717, 1.165) is 10.5 Å². The smallest absolute Gasteiger partial charge is 0.416 e. The minimum absolute atomic E-state index is 0.0106. The lowest BCUT2D eigenvalue weighted by Gasteiger charge is -2.54. The summed E-state index contributed by atoms with van der Waals surface area (Å²) in [4.78, 5) is 26.5. The van der Waals surface area contributed by atoms with Gasteiger partial charge >= 0.3 is 12.7 Å². The lowest BCUT2D eigenvalue weighted by molar-refractivity contribution is -0.255. The number of ether oxygens (including phenoxy) is 1. The first-order valence-corrected chi connectivity index (χ1v) is 11.3. The van der Waals surface area contributed by atoms with Crippen molar-refractivity contribution in [3.63, 3.8) is 0 Å². The van der Waals surface area contributed by atoms with Crippen molar-refractivity contribution in [3.8, 4) is 11.1 Å². The Hall–Kier alpha value is -3.80. The number of carbonyl (C=O) groups is 1. The Bertz CT molecular complexity index is 1520. The second-order valence-electron chi connectivity index (χ2n) is 9.70. The number of para-hydroxylation sites is 2. The van der Waals surface area contributed by atoms with E-state index in [4.69, 9.17) is 4.74 Å². The summed E-state index contributed by atoms with van der Waals surface area (Å²) in [6.07, 6.45) is 2.76. The van der Waals surface area contributed by atoms with Crippen molar-refractivity contribution >= 4 is 23.7 Å². The Morgan fingerprint density at radius 3 is 2.58 bits per heavy atom. The SMILES string of the molecule is CC(C)(O)c1ncc(-c2ccc3c(c2)=C[N+]24CC(OC(F)F)(N=3)C2N(C(=O)O)c2ccccc24)cn1. The first-order valence-electron chi connectivity index (χ1n) is 11.3. The van der Waals surface area contributed by atoms with Crippen molar-refractivity contribution in [2.24, 2.45) is 4.99 Å². The standard InChI is InChI=1S/C25H21F2N5O4/c1-24(2,35)20-28-10-16(11-29-20)14-7-8-17-15(9-14)12-32-13-25(30-17,36-22(26)27)21(32)31(23(33)34)18-5-3-4-6-19(18)32/h3-12,21-22,35H,13H2,1-2H3/p+1. The molecule has 0 aliphatic carbocycles. The second kappa shape index (κ2) is 7.36. The van der Waals surface area contributed by atoms with Gasteiger partial charge in [-0.2, -0.15) is 8.78 Å². The van der Waals surface area contributed by atoms with Gasteiger partial charge in [-0.1, -0.05) is 18.2 Å². The maximum Gasteiger partial charge on any atom is 0.416 e. The van der Waals surface area contributed by atoms with Gasteiger partial charge in [0, 0.05) is 24.0 Å². The number of aliphatic hydroxyl groups is 1. The summed E-state index contributed by atoms with van der Waals surface area (Å²) in [6, 6.07) is 12.2. The molecule has 4 heterocycles. The van der Waals surface area contributed by atoms with Gasteiger partial charge in [-0.15, -0.1) is 0 Å². The van der Waals surface area contributed by atoms with Crippen molar-refractivity contribution in [1.29, 1.82) is 0 Å². The Labute approximate surface area is 203 Å². The third kappa shape index (κ3) is 3.10. The molecule has 1 fully saturated rings. The van der Waals surface area contributed by atoms with E-state index in [0.29, 0.717) is 27.5 Å². The molecule has 9 nitrogen and oxygen atoms in total. The van der Waals surface area contributed by atoms with Crippen LogP contribution in [-0.2, 0) is 10.3 Å². The zero-order valence-corrected chi connectivity index (χ0v) is 19.3. The second-order valence-corrected chi connectivity index (χ2v) is 9.70. The van der Waals surface area contributed by atoms with Crippen LogP contribution < -0.4 is 20.0 Å². The van der Waals surface area contributed by atoms with E-state index in [1.807, 2.05) is 12.3 Å². The molecule has 184 valence electrons. The number of fused-ring (bicyclic) bond motifs is 4. The van der Waals surface area contributed by atoms with Crippen LogP contribution in [0.4, 0.5) is 25.0 Å². The summed E-state index contributed by atoms with van der Waals surface area (Å²) in [6.45, 7) is 0.0774. The van der Waals surface area contributed by atoms with Crippen LogP contribution in [0.1, 0.15) is 19.7 Å². The molecule has 1 aromatic heterocycles. The van der Waals surface area contributed by atoms with E-state index < -0.39 is 30.2 Å². The number of anilines is 1. The molecule has 2 aromatic carbocycles. The topological polar surface area (TPSA) is 108 Å². The monoisotopic (exact) mass is 494 g/mol. The fourth-order valence-electron chi connectivity index (χ4n) is 5.52. The van der Waals surface area contributed by atoms with Crippen LogP contribution >= 0.6 is 0 Å². The van der Waals surface area contributed by atoms with E-state index in [-0.39, 0.29) is 16.9 Å². The fraction of sp³-hybridized carbons (Fsp3) is 0.280. The number of hydrogen-bond acceptors (Lipinski definition) is 6. The Kier molecular flexibility index (Phi) is 4.63. The summed E-state index contributed by atoms with van der Waals surface area (Å²) in [5.74, 6) is 0.282. The lowest BCUT2D eigenvalue weighted by atomic mass is 9.95. The van der Waals surface area contributed by atoms with Crippen molar-refractivity contribution in [2.75, 3.05) is 11.4 Å². The molecule has 0 radical (unpaired) electrons. The minimum atomic E-state index is -3.14. The van der Waals surface area contributed by atoms with Crippen LogP contribution in [-0.4, -0.2) is 51.3 Å². The molecule has 1 spiro atoms. The van der Waals surface area contributed by atoms with Crippen LogP contribution in [0.5, 0.6) is 0 Å². The van der Waals surface area contributed by atoms with Gasteiger partial charge in [0.05, 0.1) is 10.6 Å². The molecule has 11 heteroatoms. The highest BCUT2D eigenvalue weighted by atomic mass is 19.3. The van der Waals surface area contributed by atoms with Crippen LogP contribution in [0.25, 0.3) is 17.3 Å². The van der Waals surface area contributed by atoms with Crippen LogP contribution in [0, 0.1) is 0 Å². The molecule has 1 saturated heterocycles. The molecule has 1 amide bonds. The van der Waals surface area contributed by atoms with Gasteiger partial charge in [-0.3, -0.25) is 4.74 Å². The number of carboxylic acid groups (broad SMARTS) is 1. The van der Waals surface area contributed by atoms with Crippen LogP contribution in [0.3, 0.4) is 0 Å². The first kappa shape index (κ1) is 22.7. The number of rotatable bonds is 4. The van der Waals surface area contributed by atoms with Crippen molar-refractivity contribution < 1.29 is 28.5 Å². The summed E-state index contributed by atoms with van der Waals surface area (Å²) < 4.78 is 32.3. The van der Waals surface area contributed by atoms with Gasteiger partial charge in [0.2, 0.25) is 6.17 Å². The number of quaternary nitrogens is 1. The molecule has 3 aliphatic rings. The predicted octanol–water partition coefficient (Wildman–Crippen LogP) is 2.52. The highest BCUT2D eigenvalue weighted by Gasteiger charge is 2.76. The lowest BCUT2D eigenvalue weighted by Crippen LogP contribution is -2.82. The number of halogens is 2. The van der Waals surface area contributed by atoms with Crippen LogP contribution in [0.15, 0.2) is 59.9 Å². The average molecular weight is 494 g/mol. The van der Waals surface area contributed by atoms with Gasteiger partial charge < -0.3 is 10.2 Å². The quantitative estimate of drug-likeness (QED) is 0.540. The minimum Gasteiger partial charge on any atom is -0.465 e. The molecule has 3 aliphatic heterocycles. The molecule has 6 rings (SSSR count). The Morgan fingerprint density at radius 1 is 1.19 bits per heavy atom. The van der Waals surface area contributed by atoms with E-state index in [1.54, 1.807) is 62.6 Å². The van der Waals surface area contributed by atoms with Gasteiger partial charge in [-0.25, -0.2) is 29.1 Å². The highest BCUT2D eigenvalue weighted by Crippen LogP contribution is 2.57. The number of nitrogens with zero attached hydrogens (tertiary/aromatic N) is 5.